The van der Waals surface area contributed by atoms with E-state index < -0.39 is 39.3 Å². The van der Waals surface area contributed by atoms with E-state index in [-0.39, 0.29) is 85.6 Å². The van der Waals surface area contributed by atoms with Crippen molar-refractivity contribution in [3.8, 4) is 27.7 Å². The Hall–Kier alpha value is -7.11. The van der Waals surface area contributed by atoms with Gasteiger partial charge in [-0.05, 0) is 79.1 Å². The highest BCUT2D eigenvalue weighted by molar-refractivity contribution is 7.92. The summed E-state index contributed by atoms with van der Waals surface area (Å²) in [6.45, 7) is 11.4. The Morgan fingerprint density at radius 1 is 0.831 bits per heavy atom. The summed E-state index contributed by atoms with van der Waals surface area (Å²) in [7, 11) is -1.10. The average Bonchev–Trinajstić information content (AvgIpc) is 4.21. The van der Waals surface area contributed by atoms with Crippen LogP contribution in [0.4, 0.5) is 5.69 Å². The molecule has 22 heteroatoms. The Morgan fingerprint density at radius 2 is 1.52 bits per heavy atom. The summed E-state index contributed by atoms with van der Waals surface area (Å²) in [5.74, 6) is -0.458. The fourth-order valence-electron chi connectivity index (χ4n) is 8.60. The third-order valence-corrected chi connectivity index (χ3v) is 15.1. The van der Waals surface area contributed by atoms with Crippen LogP contribution in [0.15, 0.2) is 100 Å². The number of amides is 4. The number of anilines is 1. The lowest BCUT2D eigenvalue weighted by Gasteiger charge is -2.35. The molecule has 0 bridgehead atoms. The van der Waals surface area contributed by atoms with Crippen LogP contribution in [0, 0.1) is 12.3 Å². The minimum atomic E-state index is -4.29. The molecule has 2 aromatic heterocycles. The summed E-state index contributed by atoms with van der Waals surface area (Å²) in [5.41, 5.74) is 4.97. The van der Waals surface area contributed by atoms with Crippen molar-refractivity contribution in [2.24, 2.45) is 19.5 Å². The Kier molecular flexibility index (Phi) is 19.7. The van der Waals surface area contributed by atoms with Crippen LogP contribution in [0.2, 0.25) is 0 Å². The van der Waals surface area contributed by atoms with Crippen molar-refractivity contribution in [2.45, 2.75) is 77.4 Å². The Balaban J connectivity index is 0.803. The van der Waals surface area contributed by atoms with Crippen LogP contribution in [0.25, 0.3) is 21.5 Å². The first-order valence-corrected chi connectivity index (χ1v) is 27.8. The minimum Gasteiger partial charge on any atom is -0.493 e. The summed E-state index contributed by atoms with van der Waals surface area (Å²) in [5, 5.41) is 8.55. The molecule has 3 heterocycles. The molecule has 1 aliphatic heterocycles. The van der Waals surface area contributed by atoms with Crippen LogP contribution in [0.3, 0.4) is 0 Å². The number of hydrogen-bond donors (Lipinski definition) is 4. The summed E-state index contributed by atoms with van der Waals surface area (Å²) < 4.78 is 61.9. The Labute approximate surface area is 452 Å². The van der Waals surface area contributed by atoms with Crippen molar-refractivity contribution in [1.29, 1.82) is 0 Å². The maximum atomic E-state index is 13.9. The van der Waals surface area contributed by atoms with Crippen LogP contribution < -0.4 is 35.8 Å². The molecule has 2 atom stereocenters. The van der Waals surface area contributed by atoms with Gasteiger partial charge in [0.1, 0.15) is 30.2 Å². The Bertz CT molecular complexity index is 3200. The first kappa shape index (κ1) is 57.6. The molecule has 1 fully saturated rings. The SMILES string of the molecule is CCCOc1cccc(Oc2cc3c(cc2NS(=O)(=O)c2cccc(C(=O)NCCOCCOCCOCC(=O)NC(C(=O)N4CCC[C@H]4C(=O)NCc4ccc(-c5scnc5C)cc4)C(C)(C)C)c2)n(C)c(=O)n3C)c1. The lowest BCUT2D eigenvalue weighted by molar-refractivity contribution is -0.144. The van der Waals surface area contributed by atoms with E-state index >= 15 is 0 Å². The molecule has 20 nitrogen and oxygen atoms in total. The number of nitrogens with zero attached hydrogens (tertiary/aromatic N) is 4. The third kappa shape index (κ3) is 15.1. The van der Waals surface area contributed by atoms with Gasteiger partial charge < -0.3 is 44.5 Å². The van der Waals surface area contributed by atoms with Crippen molar-refractivity contribution in [1.82, 2.24) is 35.0 Å². The fraction of sp³-hybridized carbons (Fsp3) is 0.418. The van der Waals surface area contributed by atoms with Gasteiger partial charge in [0.25, 0.3) is 15.9 Å². The van der Waals surface area contributed by atoms with E-state index in [0.717, 1.165) is 28.1 Å². The highest BCUT2D eigenvalue weighted by atomic mass is 32.2. The molecular weight excluding hydrogens is 1030 g/mol. The van der Waals surface area contributed by atoms with Crippen LogP contribution in [0.5, 0.6) is 17.2 Å². The van der Waals surface area contributed by atoms with Crippen molar-refractivity contribution in [3.63, 3.8) is 0 Å². The fourth-order valence-corrected chi connectivity index (χ4v) is 10.5. The summed E-state index contributed by atoms with van der Waals surface area (Å²) in [6.07, 6.45) is 2.00. The number of aromatic nitrogens is 3. The number of rotatable bonds is 26. The van der Waals surface area contributed by atoms with Gasteiger partial charge in [0.15, 0.2) is 5.75 Å². The second kappa shape index (κ2) is 26.3. The zero-order valence-electron chi connectivity index (χ0n) is 44.5. The van der Waals surface area contributed by atoms with E-state index in [4.69, 9.17) is 23.7 Å². The Morgan fingerprint density at radius 3 is 2.22 bits per heavy atom. The van der Waals surface area contributed by atoms with E-state index in [9.17, 15) is 32.4 Å². The number of nitrogens with one attached hydrogen (secondary N) is 4. The molecule has 1 unspecified atom stereocenters. The predicted molar refractivity (Wildman–Crippen MR) is 293 cm³/mol. The molecule has 1 saturated heterocycles. The van der Waals surface area contributed by atoms with Gasteiger partial charge in [0, 0.05) is 51.4 Å². The van der Waals surface area contributed by atoms with E-state index in [1.54, 1.807) is 60.7 Å². The van der Waals surface area contributed by atoms with E-state index in [0.29, 0.717) is 55.1 Å². The van der Waals surface area contributed by atoms with E-state index in [2.05, 4.69) is 25.7 Å². The van der Waals surface area contributed by atoms with Crippen molar-refractivity contribution >= 4 is 61.7 Å². The summed E-state index contributed by atoms with van der Waals surface area (Å²) >= 11 is 1.58. The second-order valence-corrected chi connectivity index (χ2v) is 22.1. The van der Waals surface area contributed by atoms with Gasteiger partial charge in [-0.1, -0.05) is 64.1 Å². The highest BCUT2D eigenvalue weighted by Crippen LogP contribution is 2.36. The number of hydrogen-bond acceptors (Lipinski definition) is 14. The van der Waals surface area contributed by atoms with Crippen molar-refractivity contribution < 1.29 is 51.3 Å². The smallest absolute Gasteiger partial charge is 0.328 e. The lowest BCUT2D eigenvalue weighted by Crippen LogP contribution is -2.58. The van der Waals surface area contributed by atoms with Crippen LogP contribution in [-0.2, 0) is 59.3 Å². The van der Waals surface area contributed by atoms with Gasteiger partial charge in [0.2, 0.25) is 17.7 Å². The molecule has 0 aliphatic carbocycles. The first-order valence-electron chi connectivity index (χ1n) is 25.5. The van der Waals surface area contributed by atoms with Crippen LogP contribution in [0.1, 0.15) is 68.6 Å². The minimum absolute atomic E-state index is 0.0677. The average molecular weight is 1100 g/mol. The molecule has 4 amide bonds. The number of fused-ring (bicyclic) bond motifs is 1. The number of imidazole rings is 1. The van der Waals surface area contributed by atoms with Crippen LogP contribution in [-0.4, -0.2) is 122 Å². The number of aryl methyl sites for hydroxylation is 3. The maximum absolute atomic E-state index is 13.9. The molecule has 0 saturated carbocycles. The molecule has 6 aromatic rings. The van der Waals surface area contributed by atoms with Crippen molar-refractivity contribution in [2.75, 3.05) is 64.1 Å². The van der Waals surface area contributed by atoms with Gasteiger partial charge in [-0.3, -0.25) is 33.0 Å². The van der Waals surface area contributed by atoms with E-state index in [1.165, 1.54) is 39.5 Å². The number of carbonyl (C=O) groups excluding carboxylic acids is 4. The summed E-state index contributed by atoms with van der Waals surface area (Å²) in [4.78, 5) is 73.2. The maximum Gasteiger partial charge on any atom is 0.328 e. The van der Waals surface area contributed by atoms with Gasteiger partial charge in [-0.2, -0.15) is 0 Å². The number of benzene rings is 4. The monoisotopic (exact) mass is 1100 g/mol. The standard InChI is InChI=1S/C55H68N8O12S2/c1-8-23-74-40-13-10-14-41(30-40)75-47-32-46-45(61(6)54(68)62(46)7)31-43(47)60-77(69,70)42-15-9-12-39(29-42)51(65)56-21-24-71-25-26-72-27-28-73-34-48(64)59-50(55(3,4)5)53(67)63-22-11-16-44(63)52(66)57-33-37-17-19-38(20-18-37)49-36(2)58-35-76-49/h9-10,12-15,17-20,29-32,35,44,50,60H,8,11,16,21-28,33-34H2,1-7H3,(H,56,65)(H,57,66)(H,59,64)/t44-,50?/m0/s1. The second-order valence-electron chi connectivity index (χ2n) is 19.6. The molecule has 0 spiro atoms. The highest BCUT2D eigenvalue weighted by Gasteiger charge is 2.42. The zero-order chi connectivity index (χ0) is 55.3. The molecule has 4 aromatic carbocycles. The largest absolute Gasteiger partial charge is 0.493 e. The predicted octanol–water partition coefficient (Wildman–Crippen LogP) is 6.31. The number of likely N-dealkylation sites (tertiary alicyclic amines) is 1. The number of ether oxygens (including phenoxy) is 5. The molecule has 7 rings (SSSR count). The number of sulfonamides is 1. The number of thiazole rings is 1. The molecule has 1 aliphatic rings. The van der Waals surface area contributed by atoms with Crippen LogP contribution >= 0.6 is 11.3 Å². The van der Waals surface area contributed by atoms with Gasteiger partial charge in [-0.25, -0.2) is 18.2 Å². The number of carbonyl (C=O) groups is 4. The normalized spacial score (nSPS) is 14.1. The topological polar surface area (TPSA) is 240 Å². The summed E-state index contributed by atoms with van der Waals surface area (Å²) in [6, 6.07) is 22.0. The third-order valence-electron chi connectivity index (χ3n) is 12.7. The molecule has 412 valence electrons. The lowest BCUT2D eigenvalue weighted by atomic mass is 9.85. The van der Waals surface area contributed by atoms with Gasteiger partial charge in [-0.15, -0.1) is 11.3 Å². The van der Waals surface area contributed by atoms with E-state index in [1.807, 2.05) is 64.4 Å². The van der Waals surface area contributed by atoms with Gasteiger partial charge in [0.05, 0.1) is 77.3 Å². The zero-order valence-corrected chi connectivity index (χ0v) is 46.1. The molecule has 4 N–H and O–H groups in total. The first-order chi connectivity index (χ1) is 36.8. The molecule has 77 heavy (non-hydrogen) atoms. The quantitative estimate of drug-likeness (QED) is 0.0436. The molecule has 0 radical (unpaired) electrons. The van der Waals surface area contributed by atoms with Crippen molar-refractivity contribution in [3.05, 3.63) is 118 Å². The van der Waals surface area contributed by atoms with Gasteiger partial charge >= 0.3 is 5.69 Å². The molecular formula is C55H68N8O12S2.